The highest BCUT2D eigenvalue weighted by Crippen LogP contribution is 2.47. The third-order valence-corrected chi connectivity index (χ3v) is 6.12. The molecule has 33 heavy (non-hydrogen) atoms. The summed E-state index contributed by atoms with van der Waals surface area (Å²) in [5.74, 6) is -7.08. The maximum atomic E-state index is 13.8. The number of quaternary nitrogens is 1. The van der Waals surface area contributed by atoms with E-state index in [-0.39, 0.29) is 0 Å². The first-order valence-corrected chi connectivity index (χ1v) is 10.4. The van der Waals surface area contributed by atoms with Crippen LogP contribution >= 0.6 is 0 Å². The zero-order chi connectivity index (χ0) is 26.8. The number of aliphatic carboxylic acids is 1. The second-order valence-corrected chi connectivity index (χ2v) is 9.63. The van der Waals surface area contributed by atoms with Gasteiger partial charge in [-0.25, -0.2) is 22.4 Å². The van der Waals surface area contributed by atoms with E-state index in [0.717, 1.165) is 7.11 Å². The number of carboxylic acid groups (broad SMARTS) is 1. The molecule has 0 aromatic carbocycles. The number of methoxy groups -OCH3 is 1. The molecular weight excluding hydrogens is 509 g/mol. The molecule has 1 N–H and O–H groups in total. The van der Waals surface area contributed by atoms with Gasteiger partial charge in [0, 0.05) is 7.11 Å². The van der Waals surface area contributed by atoms with Crippen molar-refractivity contribution in [2.45, 2.75) is 43.2 Å². The van der Waals surface area contributed by atoms with E-state index in [4.69, 9.17) is 0 Å². The molecule has 0 spiro atoms. The Bertz CT molecular complexity index is 823. The largest absolute Gasteiger partial charge is 0.477 e. The molecule has 3 unspecified atom stereocenters. The van der Waals surface area contributed by atoms with Gasteiger partial charge in [-0.3, -0.25) is 9.22 Å². The predicted octanol–water partition coefficient (Wildman–Crippen LogP) is 1.93. The highest BCUT2D eigenvalue weighted by Gasteiger charge is 2.72. The van der Waals surface area contributed by atoms with Crippen molar-refractivity contribution in [3.05, 3.63) is 0 Å². The number of hydrogen-bond donors (Lipinski definition) is 1. The average molecular weight is 530 g/mol. The monoisotopic (exact) mass is 530 g/mol. The molecule has 0 radical (unpaired) electrons. The molecule has 196 valence electrons. The summed E-state index contributed by atoms with van der Waals surface area (Å²) in [5.41, 5.74) is -5.68. The topological polar surface area (TPSA) is 107 Å². The van der Waals surface area contributed by atoms with E-state index in [1.165, 1.54) is 0 Å². The van der Waals surface area contributed by atoms with Crippen LogP contribution < -0.4 is 0 Å². The molecule has 0 aliphatic rings. The Hall–Kier alpha value is -1.66. The Morgan fingerprint density at radius 1 is 1.00 bits per heavy atom. The van der Waals surface area contributed by atoms with Crippen LogP contribution in [0.4, 0.5) is 39.5 Å². The molecule has 8 nitrogen and oxygen atoms in total. The lowest BCUT2D eigenvalue weighted by molar-refractivity contribution is -0.831. The molecular formula is C15H21F9NO7S+. The lowest BCUT2D eigenvalue weighted by atomic mass is 10.1. The number of amides is 1. The maximum absolute atomic E-state index is 13.8. The third kappa shape index (κ3) is 7.41. The van der Waals surface area contributed by atoms with E-state index in [0.29, 0.717) is 14.1 Å². The lowest BCUT2D eigenvalue weighted by Gasteiger charge is -2.38. The SMILES string of the molecule is COCCS(=O)(=O)CC(C(=O)O)[N+](C)(C)C(=O)C(OC(F)(F)C(C)(F)C(F)(F)F)C(F)(F)F. The van der Waals surface area contributed by atoms with Crippen LogP contribution in [0, 0.1) is 0 Å². The van der Waals surface area contributed by atoms with E-state index < -0.39 is 87.5 Å². The quantitative estimate of drug-likeness (QED) is 0.322. The third-order valence-electron chi connectivity index (χ3n) is 4.51. The number of rotatable bonds is 11. The molecule has 0 bridgehead atoms. The molecule has 0 saturated heterocycles. The summed E-state index contributed by atoms with van der Waals surface area (Å²) in [5, 5.41) is 9.26. The van der Waals surface area contributed by atoms with Gasteiger partial charge >= 0.3 is 30.3 Å². The number of likely N-dealkylation sites (N-methyl/N-ethyl adjacent to an activating group) is 1. The van der Waals surface area contributed by atoms with Gasteiger partial charge in [-0.1, -0.05) is 0 Å². The summed E-state index contributed by atoms with van der Waals surface area (Å²) in [7, 11) is -2.57. The standard InChI is InChI=1S/C15H20F9NO7S/c1-12(16,14(20,21)22)15(23,24)32-9(13(17,18)19)10(26)25(2,3)8(11(27)28)7-33(29,30)6-5-31-4/h8-9H,5-7H2,1-4H3/p+1. The Kier molecular flexibility index (Phi) is 9.41. The first-order valence-electron chi connectivity index (χ1n) is 8.53. The number of alkyl halides is 9. The summed E-state index contributed by atoms with van der Waals surface area (Å²) in [6.45, 7) is -1.30. The van der Waals surface area contributed by atoms with Crippen molar-refractivity contribution in [3.63, 3.8) is 0 Å². The number of nitrogens with zero attached hydrogens (tertiary/aromatic N) is 1. The normalized spacial score (nSPS) is 17.8. The van der Waals surface area contributed by atoms with Crippen LogP contribution in [0.5, 0.6) is 0 Å². The number of carboxylic acids is 1. The summed E-state index contributed by atoms with van der Waals surface area (Å²) >= 11 is 0. The van der Waals surface area contributed by atoms with E-state index in [9.17, 15) is 62.6 Å². The van der Waals surface area contributed by atoms with Crippen LogP contribution in [-0.4, -0.2) is 105 Å². The predicted molar refractivity (Wildman–Crippen MR) is 90.5 cm³/mol. The molecule has 0 heterocycles. The van der Waals surface area contributed by atoms with Gasteiger partial charge in [-0.05, 0) is 6.92 Å². The van der Waals surface area contributed by atoms with Gasteiger partial charge in [0.05, 0.1) is 26.5 Å². The average Bonchev–Trinajstić information content (AvgIpc) is 2.59. The van der Waals surface area contributed by atoms with E-state index in [1.807, 2.05) is 0 Å². The minimum atomic E-state index is -6.43. The summed E-state index contributed by atoms with van der Waals surface area (Å²) < 4.78 is 148. The lowest BCUT2D eigenvalue weighted by Crippen LogP contribution is -2.66. The number of carbonyl (C=O) groups excluding carboxylic acids is 1. The first-order chi connectivity index (χ1) is 14.3. The van der Waals surface area contributed by atoms with E-state index in [1.54, 1.807) is 0 Å². The van der Waals surface area contributed by atoms with Crippen LogP contribution in [0.15, 0.2) is 0 Å². The van der Waals surface area contributed by atoms with E-state index in [2.05, 4.69) is 9.47 Å². The van der Waals surface area contributed by atoms with Crippen molar-refractivity contribution in [3.8, 4) is 0 Å². The maximum Gasteiger partial charge on any atom is 0.430 e. The van der Waals surface area contributed by atoms with E-state index >= 15 is 0 Å². The van der Waals surface area contributed by atoms with Crippen molar-refractivity contribution in [1.29, 1.82) is 0 Å². The molecule has 0 saturated carbocycles. The fourth-order valence-electron chi connectivity index (χ4n) is 2.20. The van der Waals surface area contributed by atoms with Gasteiger partial charge in [0.15, 0.2) is 9.84 Å². The number of hydrogen-bond acceptors (Lipinski definition) is 6. The molecule has 1 amide bonds. The molecule has 3 atom stereocenters. The van der Waals surface area contributed by atoms with Gasteiger partial charge in [-0.15, -0.1) is 0 Å². The van der Waals surface area contributed by atoms with Gasteiger partial charge in [-0.2, -0.15) is 35.1 Å². The van der Waals surface area contributed by atoms with Crippen molar-refractivity contribution < 1.29 is 76.6 Å². The summed E-state index contributed by atoms with van der Waals surface area (Å²) in [6, 6.07) is -2.54. The number of sulfone groups is 1. The second-order valence-electron chi connectivity index (χ2n) is 7.40. The fourth-order valence-corrected chi connectivity index (χ4v) is 3.79. The molecule has 0 aliphatic carbocycles. The number of carbonyl (C=O) groups is 2. The molecule has 0 fully saturated rings. The van der Waals surface area contributed by atoms with Gasteiger partial charge < -0.3 is 9.84 Å². The van der Waals surface area contributed by atoms with Gasteiger partial charge in [0.2, 0.25) is 6.04 Å². The van der Waals surface area contributed by atoms with Crippen LogP contribution in [-0.2, 0) is 28.9 Å². The Morgan fingerprint density at radius 2 is 1.45 bits per heavy atom. The van der Waals surface area contributed by atoms with Crippen molar-refractivity contribution in [1.82, 2.24) is 0 Å². The fraction of sp³-hybridized carbons (Fsp3) is 0.867. The molecule has 0 aromatic heterocycles. The molecule has 0 aromatic rings. The highest BCUT2D eigenvalue weighted by molar-refractivity contribution is 7.91. The molecule has 18 heteroatoms. The zero-order valence-electron chi connectivity index (χ0n) is 17.4. The highest BCUT2D eigenvalue weighted by atomic mass is 32.2. The Labute approximate surface area is 181 Å². The van der Waals surface area contributed by atoms with Crippen LogP contribution in [0.2, 0.25) is 0 Å². The molecule has 0 rings (SSSR count). The van der Waals surface area contributed by atoms with Crippen molar-refractivity contribution in [2.24, 2.45) is 0 Å². The zero-order valence-corrected chi connectivity index (χ0v) is 18.2. The Morgan fingerprint density at radius 3 is 1.79 bits per heavy atom. The van der Waals surface area contributed by atoms with Crippen molar-refractivity contribution in [2.75, 3.05) is 39.3 Å². The first kappa shape index (κ1) is 31.3. The van der Waals surface area contributed by atoms with Crippen LogP contribution in [0.3, 0.4) is 0 Å². The summed E-state index contributed by atoms with van der Waals surface area (Å²) in [4.78, 5) is 23.9. The van der Waals surface area contributed by atoms with Crippen molar-refractivity contribution >= 4 is 21.7 Å². The molecule has 0 aliphatic heterocycles. The Balaban J connectivity index is 6.34. The second kappa shape index (κ2) is 9.91. The van der Waals surface area contributed by atoms with Gasteiger partial charge in [0.1, 0.15) is 5.75 Å². The number of ether oxygens (including phenoxy) is 2. The minimum absolute atomic E-state index is 0.381. The summed E-state index contributed by atoms with van der Waals surface area (Å²) in [6.07, 6.45) is -23.3. The van der Waals surface area contributed by atoms with Crippen LogP contribution in [0.25, 0.3) is 0 Å². The van der Waals surface area contributed by atoms with Crippen LogP contribution in [0.1, 0.15) is 6.92 Å². The van der Waals surface area contributed by atoms with Gasteiger partial charge in [0.25, 0.3) is 11.8 Å². The minimum Gasteiger partial charge on any atom is -0.477 e. The smallest absolute Gasteiger partial charge is 0.430 e. The number of halogens is 9.